The van der Waals surface area contributed by atoms with E-state index in [2.05, 4.69) is 85.8 Å². The molecule has 1 nitrogen and oxygen atoms in total. The Morgan fingerprint density at radius 2 is 1.22 bits per heavy atom. The number of benzene rings is 3. The molecule has 0 saturated carbocycles. The van der Waals surface area contributed by atoms with Crippen LogP contribution in [0.4, 0.5) is 0 Å². The molecule has 0 N–H and O–H groups in total. The van der Waals surface area contributed by atoms with Crippen LogP contribution < -0.4 is 0 Å². The molecule has 1 saturated heterocycles. The van der Waals surface area contributed by atoms with Crippen LogP contribution in [0.25, 0.3) is 6.08 Å². The second-order valence-electron chi connectivity index (χ2n) is 7.42. The summed E-state index contributed by atoms with van der Waals surface area (Å²) < 4.78 is 14.4. The third kappa shape index (κ3) is 3.70. The number of rotatable bonds is 4. The van der Waals surface area contributed by atoms with Crippen molar-refractivity contribution in [2.45, 2.75) is 31.1 Å². The maximum atomic E-state index is 14.4. The van der Waals surface area contributed by atoms with E-state index < -0.39 is 7.14 Å². The van der Waals surface area contributed by atoms with Gasteiger partial charge in [-0.2, -0.15) is 0 Å². The molecular formula is C25H25OP. The Balaban J connectivity index is 1.75. The van der Waals surface area contributed by atoms with Crippen molar-refractivity contribution < 1.29 is 4.57 Å². The molecule has 1 aliphatic heterocycles. The van der Waals surface area contributed by atoms with Crippen LogP contribution in [0.5, 0.6) is 0 Å². The van der Waals surface area contributed by atoms with Gasteiger partial charge in [-0.3, -0.25) is 0 Å². The fraction of sp³-hybridized carbons (Fsp3) is 0.200. The van der Waals surface area contributed by atoms with Gasteiger partial charge < -0.3 is 4.57 Å². The van der Waals surface area contributed by atoms with E-state index in [9.17, 15) is 4.57 Å². The van der Waals surface area contributed by atoms with Gasteiger partial charge in [0.2, 0.25) is 0 Å². The van der Waals surface area contributed by atoms with Crippen LogP contribution in [0.2, 0.25) is 0 Å². The summed E-state index contributed by atoms with van der Waals surface area (Å²) in [7, 11) is -2.59. The number of hydrogen-bond donors (Lipinski definition) is 0. The van der Waals surface area contributed by atoms with Crippen molar-refractivity contribution >= 4 is 13.2 Å². The molecule has 0 unspecified atom stereocenters. The van der Waals surface area contributed by atoms with Crippen LogP contribution in [0.1, 0.15) is 46.4 Å². The zero-order valence-electron chi connectivity index (χ0n) is 15.7. The van der Waals surface area contributed by atoms with E-state index in [1.807, 2.05) is 17.9 Å². The van der Waals surface area contributed by atoms with Crippen molar-refractivity contribution in [3.05, 3.63) is 113 Å². The molecule has 0 bridgehead atoms. The van der Waals surface area contributed by atoms with Crippen LogP contribution in [-0.4, -0.2) is 0 Å². The predicted octanol–water partition coefficient (Wildman–Crippen LogP) is 7.61. The SMILES string of the molecule is Cc1ccc(/C=C/P2(=O)[C@@H](c3ccccc3)CC[C@@H]2c2ccccc2)cc1. The van der Waals surface area contributed by atoms with Gasteiger partial charge in [0.25, 0.3) is 0 Å². The van der Waals surface area contributed by atoms with Crippen molar-refractivity contribution in [1.29, 1.82) is 0 Å². The van der Waals surface area contributed by atoms with E-state index in [1.54, 1.807) is 0 Å². The van der Waals surface area contributed by atoms with E-state index in [-0.39, 0.29) is 11.3 Å². The average molecular weight is 372 g/mol. The van der Waals surface area contributed by atoms with Gasteiger partial charge in [0.15, 0.2) is 0 Å². The molecule has 0 aromatic heterocycles. The van der Waals surface area contributed by atoms with Gasteiger partial charge >= 0.3 is 0 Å². The van der Waals surface area contributed by atoms with E-state index in [4.69, 9.17) is 0 Å². The number of hydrogen-bond acceptors (Lipinski definition) is 1. The maximum Gasteiger partial charge on any atom is 0.123 e. The molecular weight excluding hydrogens is 347 g/mol. The van der Waals surface area contributed by atoms with Crippen molar-refractivity contribution in [3.63, 3.8) is 0 Å². The summed E-state index contributed by atoms with van der Waals surface area (Å²) in [5.74, 6) is 2.04. The molecule has 1 fully saturated rings. The Bertz CT molecular complexity index is 907. The van der Waals surface area contributed by atoms with Crippen LogP contribution in [-0.2, 0) is 4.57 Å². The molecule has 4 rings (SSSR count). The molecule has 27 heavy (non-hydrogen) atoms. The maximum absolute atomic E-state index is 14.4. The van der Waals surface area contributed by atoms with E-state index in [0.717, 1.165) is 18.4 Å². The summed E-state index contributed by atoms with van der Waals surface area (Å²) in [6.07, 6.45) is 4.01. The normalized spacial score (nSPS) is 21.5. The largest absolute Gasteiger partial charge is 0.318 e. The summed E-state index contributed by atoms with van der Waals surface area (Å²) >= 11 is 0. The molecule has 0 spiro atoms. The lowest BCUT2D eigenvalue weighted by Crippen LogP contribution is -1.97. The van der Waals surface area contributed by atoms with Crippen molar-refractivity contribution in [1.82, 2.24) is 0 Å². The van der Waals surface area contributed by atoms with Gasteiger partial charge in [0.05, 0.1) is 0 Å². The Morgan fingerprint density at radius 1 is 0.741 bits per heavy atom. The highest BCUT2D eigenvalue weighted by Gasteiger charge is 2.45. The average Bonchev–Trinajstić information content (AvgIpc) is 3.06. The minimum absolute atomic E-state index is 0.102. The summed E-state index contributed by atoms with van der Waals surface area (Å²) in [5.41, 5.74) is 4.96. The molecule has 136 valence electrons. The van der Waals surface area contributed by atoms with Gasteiger partial charge in [-0.05, 0) is 42.3 Å². The lowest BCUT2D eigenvalue weighted by molar-refractivity contribution is 0.573. The molecule has 1 aliphatic rings. The summed E-state index contributed by atoms with van der Waals surface area (Å²) in [5, 5.41) is 0. The molecule has 2 heteroatoms. The first-order chi connectivity index (χ1) is 13.2. The van der Waals surface area contributed by atoms with Gasteiger partial charge in [0.1, 0.15) is 7.14 Å². The Kier molecular flexibility index (Phi) is 5.14. The molecule has 2 atom stereocenters. The Hall–Kier alpha value is -2.37. The quantitative estimate of drug-likeness (QED) is 0.431. The van der Waals surface area contributed by atoms with E-state index in [1.165, 1.54) is 16.7 Å². The molecule has 1 heterocycles. The highest BCUT2D eigenvalue weighted by atomic mass is 31.2. The van der Waals surface area contributed by atoms with Crippen LogP contribution in [0.3, 0.4) is 0 Å². The summed E-state index contributed by atoms with van der Waals surface area (Å²) in [4.78, 5) is 0. The summed E-state index contributed by atoms with van der Waals surface area (Å²) in [6.45, 7) is 2.09. The van der Waals surface area contributed by atoms with Gasteiger partial charge in [-0.25, -0.2) is 0 Å². The lowest BCUT2D eigenvalue weighted by atomic mass is 10.0. The smallest absolute Gasteiger partial charge is 0.123 e. The standard InChI is InChI=1S/C25H25OP/c1-20-12-14-21(15-13-20)18-19-27(26)24(22-8-4-2-5-9-22)16-17-25(27)23-10-6-3-7-11-23/h2-15,18-19,24-25H,16-17H2,1H3/b19-18+/t24-,25-/m1/s1. The van der Waals surface area contributed by atoms with Crippen LogP contribution >= 0.6 is 7.14 Å². The molecule has 0 radical (unpaired) electrons. The zero-order chi connectivity index (χ0) is 18.7. The Labute approximate surface area is 162 Å². The Morgan fingerprint density at radius 3 is 1.70 bits per heavy atom. The molecule has 3 aromatic rings. The summed E-state index contributed by atoms with van der Waals surface area (Å²) in [6, 6.07) is 29.2. The third-order valence-corrected chi connectivity index (χ3v) is 9.31. The zero-order valence-corrected chi connectivity index (χ0v) is 16.6. The highest BCUT2D eigenvalue weighted by Crippen LogP contribution is 2.77. The second-order valence-corrected chi connectivity index (χ2v) is 10.5. The molecule has 0 amide bonds. The first-order valence-corrected chi connectivity index (χ1v) is 11.5. The minimum Gasteiger partial charge on any atom is -0.318 e. The van der Waals surface area contributed by atoms with Crippen LogP contribution in [0.15, 0.2) is 90.7 Å². The minimum atomic E-state index is -2.59. The fourth-order valence-corrected chi connectivity index (χ4v) is 7.81. The second kappa shape index (κ2) is 7.71. The van der Waals surface area contributed by atoms with E-state index in [0.29, 0.717) is 0 Å². The van der Waals surface area contributed by atoms with Crippen molar-refractivity contribution in [2.24, 2.45) is 0 Å². The molecule has 3 aromatic carbocycles. The number of aryl methyl sites for hydroxylation is 1. The van der Waals surface area contributed by atoms with Gasteiger partial charge in [-0.15, -0.1) is 0 Å². The predicted molar refractivity (Wildman–Crippen MR) is 115 cm³/mol. The molecule has 0 aliphatic carbocycles. The first kappa shape index (κ1) is 18.0. The third-order valence-electron chi connectivity index (χ3n) is 5.63. The lowest BCUT2D eigenvalue weighted by Gasteiger charge is -2.24. The van der Waals surface area contributed by atoms with Crippen molar-refractivity contribution in [2.75, 3.05) is 0 Å². The van der Waals surface area contributed by atoms with Crippen molar-refractivity contribution in [3.8, 4) is 0 Å². The topological polar surface area (TPSA) is 17.1 Å². The fourth-order valence-electron chi connectivity index (χ4n) is 4.17. The van der Waals surface area contributed by atoms with E-state index >= 15 is 0 Å². The van der Waals surface area contributed by atoms with Gasteiger partial charge in [0, 0.05) is 11.3 Å². The first-order valence-electron chi connectivity index (χ1n) is 9.62. The van der Waals surface area contributed by atoms with Crippen LogP contribution in [0, 0.1) is 6.92 Å². The van der Waals surface area contributed by atoms with Gasteiger partial charge in [-0.1, -0.05) is 96.6 Å². The monoisotopic (exact) mass is 372 g/mol. The highest BCUT2D eigenvalue weighted by molar-refractivity contribution is 7.68.